The van der Waals surface area contributed by atoms with Gasteiger partial charge in [-0.25, -0.2) is 4.79 Å². The van der Waals surface area contributed by atoms with E-state index in [9.17, 15) is 19.2 Å². The minimum Gasteiger partial charge on any atom is -0.344 e. The molecule has 0 aromatic heterocycles. The first-order chi connectivity index (χ1) is 13.4. The van der Waals surface area contributed by atoms with E-state index < -0.39 is 11.6 Å². The van der Waals surface area contributed by atoms with E-state index in [4.69, 9.17) is 0 Å². The number of hydrogen-bond donors (Lipinski definition) is 1. The number of amides is 5. The third kappa shape index (κ3) is 2.93. The molecule has 8 nitrogen and oxygen atoms in total. The van der Waals surface area contributed by atoms with Gasteiger partial charge < -0.3 is 15.1 Å². The predicted molar refractivity (Wildman–Crippen MR) is 99.9 cm³/mol. The second-order valence-corrected chi connectivity index (χ2v) is 7.73. The molecule has 3 aliphatic heterocycles. The molecule has 148 valence electrons. The molecule has 1 aromatic rings. The van der Waals surface area contributed by atoms with Gasteiger partial charge in [-0.1, -0.05) is 30.3 Å². The van der Waals surface area contributed by atoms with Crippen LogP contribution in [0.4, 0.5) is 4.79 Å². The fourth-order valence-electron chi connectivity index (χ4n) is 4.46. The number of nitrogens with one attached hydrogen (secondary N) is 1. The Morgan fingerprint density at radius 2 is 1.82 bits per heavy atom. The third-order valence-corrected chi connectivity index (χ3v) is 6.12. The van der Waals surface area contributed by atoms with Crippen molar-refractivity contribution in [3.8, 4) is 0 Å². The fraction of sp³-hybridized carbons (Fsp3) is 0.500. The highest BCUT2D eigenvalue weighted by atomic mass is 16.2. The summed E-state index contributed by atoms with van der Waals surface area (Å²) in [7, 11) is 1.52. The summed E-state index contributed by atoms with van der Waals surface area (Å²) in [4.78, 5) is 54.4. The third-order valence-electron chi connectivity index (χ3n) is 6.12. The molecule has 1 atom stereocenters. The van der Waals surface area contributed by atoms with Crippen molar-refractivity contribution in [3.63, 3.8) is 0 Å². The zero-order chi connectivity index (χ0) is 19.9. The Kier molecular flexibility index (Phi) is 4.56. The van der Waals surface area contributed by atoms with Crippen LogP contribution in [0.5, 0.6) is 0 Å². The lowest BCUT2D eigenvalue weighted by Gasteiger charge is -2.42. The Morgan fingerprint density at radius 1 is 1.14 bits per heavy atom. The van der Waals surface area contributed by atoms with Crippen LogP contribution in [-0.4, -0.2) is 70.2 Å². The maximum atomic E-state index is 13.0. The average Bonchev–Trinajstić information content (AvgIpc) is 3.22. The Morgan fingerprint density at radius 3 is 2.43 bits per heavy atom. The van der Waals surface area contributed by atoms with E-state index in [-0.39, 0.29) is 23.8 Å². The van der Waals surface area contributed by atoms with Gasteiger partial charge in [0, 0.05) is 33.1 Å². The summed E-state index contributed by atoms with van der Waals surface area (Å²) in [6, 6.07) is 8.84. The van der Waals surface area contributed by atoms with E-state index >= 15 is 0 Å². The maximum Gasteiger partial charge on any atom is 0.327 e. The first-order valence-corrected chi connectivity index (χ1v) is 9.64. The number of imide groups is 1. The molecule has 0 radical (unpaired) electrons. The van der Waals surface area contributed by atoms with Crippen LogP contribution in [0.3, 0.4) is 0 Å². The molecule has 28 heavy (non-hydrogen) atoms. The fourth-order valence-corrected chi connectivity index (χ4v) is 4.46. The molecular weight excluding hydrogens is 360 g/mol. The van der Waals surface area contributed by atoms with Crippen LogP contribution in [0.15, 0.2) is 30.3 Å². The SMILES string of the molecule is CN1C(=O)N(Cc2ccccc2)C2(CCN(C(=O)C3CCC(=O)N3)CC2)C1=O. The second-order valence-electron chi connectivity index (χ2n) is 7.73. The van der Waals surface area contributed by atoms with E-state index in [2.05, 4.69) is 5.32 Å². The number of carbonyl (C=O) groups excluding carboxylic acids is 4. The highest BCUT2D eigenvalue weighted by molar-refractivity contribution is 6.07. The standard InChI is InChI=1S/C20H24N4O4/c1-22-18(27)20(24(19(22)28)13-14-5-3-2-4-6-14)9-11-23(12-10-20)17(26)15-7-8-16(25)21-15/h2-6,15H,7-13H2,1H3,(H,21,25). The molecule has 0 aliphatic carbocycles. The van der Waals surface area contributed by atoms with Crippen LogP contribution in [-0.2, 0) is 20.9 Å². The molecular formula is C20H24N4O4. The number of benzene rings is 1. The molecule has 3 heterocycles. The molecule has 1 N–H and O–H groups in total. The summed E-state index contributed by atoms with van der Waals surface area (Å²) in [6.45, 7) is 1.15. The van der Waals surface area contributed by atoms with Gasteiger partial charge >= 0.3 is 6.03 Å². The summed E-state index contributed by atoms with van der Waals surface area (Å²) in [5, 5.41) is 2.71. The lowest BCUT2D eigenvalue weighted by atomic mass is 9.85. The molecule has 3 fully saturated rings. The molecule has 4 rings (SSSR count). The van der Waals surface area contributed by atoms with E-state index in [1.807, 2.05) is 30.3 Å². The van der Waals surface area contributed by atoms with Crippen molar-refractivity contribution >= 4 is 23.8 Å². The van der Waals surface area contributed by atoms with Crippen molar-refractivity contribution in [1.29, 1.82) is 0 Å². The lowest BCUT2D eigenvalue weighted by Crippen LogP contribution is -2.58. The van der Waals surface area contributed by atoms with Crippen LogP contribution in [0.25, 0.3) is 0 Å². The van der Waals surface area contributed by atoms with Crippen LogP contribution in [0.2, 0.25) is 0 Å². The predicted octanol–water partition coefficient (Wildman–Crippen LogP) is 0.720. The Balaban J connectivity index is 1.51. The molecule has 1 spiro atoms. The van der Waals surface area contributed by atoms with Crippen LogP contribution in [0, 0.1) is 0 Å². The molecule has 1 unspecified atom stereocenters. The Bertz CT molecular complexity index is 817. The first kappa shape index (κ1) is 18.5. The van der Waals surface area contributed by atoms with Gasteiger partial charge in [0.2, 0.25) is 11.8 Å². The minimum absolute atomic E-state index is 0.0968. The first-order valence-electron chi connectivity index (χ1n) is 9.64. The van der Waals surface area contributed by atoms with Crippen LogP contribution < -0.4 is 5.32 Å². The van der Waals surface area contributed by atoms with E-state index in [0.717, 1.165) is 5.56 Å². The second kappa shape index (κ2) is 6.92. The average molecular weight is 384 g/mol. The van der Waals surface area contributed by atoms with E-state index in [0.29, 0.717) is 45.3 Å². The molecule has 0 saturated carbocycles. The number of piperidine rings is 1. The number of likely N-dealkylation sites (N-methyl/N-ethyl adjacent to an activating group) is 1. The zero-order valence-corrected chi connectivity index (χ0v) is 15.9. The summed E-state index contributed by atoms with van der Waals surface area (Å²) >= 11 is 0. The van der Waals surface area contributed by atoms with Gasteiger partial charge in [0.1, 0.15) is 11.6 Å². The zero-order valence-electron chi connectivity index (χ0n) is 15.9. The van der Waals surface area contributed by atoms with Gasteiger partial charge in [-0.2, -0.15) is 0 Å². The monoisotopic (exact) mass is 384 g/mol. The van der Waals surface area contributed by atoms with Gasteiger partial charge in [-0.15, -0.1) is 0 Å². The highest BCUT2D eigenvalue weighted by Gasteiger charge is 2.57. The van der Waals surface area contributed by atoms with Crippen LogP contribution in [0.1, 0.15) is 31.2 Å². The normalized spacial score (nSPS) is 24.2. The number of nitrogens with zero attached hydrogens (tertiary/aromatic N) is 3. The van der Waals surface area contributed by atoms with Gasteiger partial charge in [0.15, 0.2) is 0 Å². The summed E-state index contributed by atoms with van der Waals surface area (Å²) in [5.41, 5.74) is 0.0580. The topological polar surface area (TPSA) is 90.0 Å². The quantitative estimate of drug-likeness (QED) is 0.778. The number of hydrogen-bond acceptors (Lipinski definition) is 4. The number of urea groups is 1. The lowest BCUT2D eigenvalue weighted by molar-refractivity contribution is -0.142. The summed E-state index contributed by atoms with van der Waals surface area (Å²) < 4.78 is 0. The van der Waals surface area contributed by atoms with Gasteiger partial charge in [0.05, 0.1) is 0 Å². The van der Waals surface area contributed by atoms with Crippen molar-refractivity contribution in [1.82, 2.24) is 20.0 Å². The summed E-state index contributed by atoms with van der Waals surface area (Å²) in [6.07, 6.45) is 1.69. The van der Waals surface area contributed by atoms with Crippen molar-refractivity contribution in [2.75, 3.05) is 20.1 Å². The van der Waals surface area contributed by atoms with Crippen molar-refractivity contribution in [2.45, 2.75) is 43.8 Å². The molecule has 0 bridgehead atoms. The van der Waals surface area contributed by atoms with Gasteiger partial charge in [0.25, 0.3) is 5.91 Å². The highest BCUT2D eigenvalue weighted by Crippen LogP contribution is 2.38. The number of likely N-dealkylation sites (tertiary alicyclic amines) is 1. The molecule has 3 aliphatic rings. The summed E-state index contributed by atoms with van der Waals surface area (Å²) in [5.74, 6) is -0.394. The largest absolute Gasteiger partial charge is 0.344 e. The van der Waals surface area contributed by atoms with E-state index in [1.165, 1.54) is 11.9 Å². The Labute approximate surface area is 163 Å². The van der Waals surface area contributed by atoms with Crippen LogP contribution >= 0.6 is 0 Å². The van der Waals surface area contributed by atoms with Gasteiger partial charge in [-0.05, 0) is 24.8 Å². The van der Waals surface area contributed by atoms with Crippen molar-refractivity contribution in [2.24, 2.45) is 0 Å². The minimum atomic E-state index is -0.905. The van der Waals surface area contributed by atoms with Crippen molar-refractivity contribution < 1.29 is 19.2 Å². The molecule has 8 heteroatoms. The molecule has 3 saturated heterocycles. The van der Waals surface area contributed by atoms with E-state index in [1.54, 1.807) is 9.80 Å². The maximum absolute atomic E-state index is 13.0. The van der Waals surface area contributed by atoms with Crippen molar-refractivity contribution in [3.05, 3.63) is 35.9 Å². The smallest absolute Gasteiger partial charge is 0.327 e. The van der Waals surface area contributed by atoms with Gasteiger partial charge in [-0.3, -0.25) is 19.3 Å². The molecule has 1 aromatic carbocycles. The number of rotatable bonds is 3. The molecule has 5 amide bonds. The Hall–Kier alpha value is -2.90. The number of carbonyl (C=O) groups is 4.